The molecule has 0 aliphatic carbocycles. The maximum absolute atomic E-state index is 14.0. The molecule has 2 heterocycles. The molecule has 0 fully saturated rings. The summed E-state index contributed by atoms with van der Waals surface area (Å²) in [4.78, 5) is 32.9. The van der Waals surface area contributed by atoms with Gasteiger partial charge in [-0.25, -0.2) is 9.79 Å². The average Bonchev–Trinajstić information content (AvgIpc) is 3.27. The molecule has 1 unspecified atom stereocenters. The van der Waals surface area contributed by atoms with E-state index >= 15 is 0 Å². The number of aromatic nitrogens is 1. The average molecular weight is 539 g/mol. The summed E-state index contributed by atoms with van der Waals surface area (Å²) in [5.41, 5.74) is 4.32. The predicted octanol–water partition coefficient (Wildman–Crippen LogP) is 5.07. The van der Waals surface area contributed by atoms with E-state index in [0.717, 1.165) is 22.4 Å². The Morgan fingerprint density at radius 2 is 1.72 bits per heavy atom. The van der Waals surface area contributed by atoms with Crippen molar-refractivity contribution in [1.82, 2.24) is 4.57 Å². The lowest BCUT2D eigenvalue weighted by Crippen LogP contribution is -2.40. The predicted molar refractivity (Wildman–Crippen MR) is 155 cm³/mol. The molecule has 0 spiro atoms. The Kier molecular flexibility index (Phi) is 7.61. The Labute approximate surface area is 231 Å². The number of ether oxygens (including phenoxy) is 2. The molecule has 6 nitrogen and oxygen atoms in total. The van der Waals surface area contributed by atoms with Crippen LogP contribution in [0.5, 0.6) is 5.75 Å². The molecule has 0 saturated heterocycles. The van der Waals surface area contributed by atoms with Crippen molar-refractivity contribution >= 4 is 29.1 Å². The van der Waals surface area contributed by atoms with Crippen molar-refractivity contribution < 1.29 is 14.3 Å². The fraction of sp³-hybridized carbons (Fsp3) is 0.219. The summed E-state index contributed by atoms with van der Waals surface area (Å²) in [5, 5.41) is 0. The van der Waals surface area contributed by atoms with Gasteiger partial charge < -0.3 is 9.47 Å². The molecule has 4 aromatic rings. The van der Waals surface area contributed by atoms with Gasteiger partial charge in [-0.3, -0.25) is 9.36 Å². The highest BCUT2D eigenvalue weighted by Gasteiger charge is 2.35. The first kappa shape index (κ1) is 26.4. The van der Waals surface area contributed by atoms with Crippen molar-refractivity contribution in [1.29, 1.82) is 0 Å². The van der Waals surface area contributed by atoms with Crippen LogP contribution >= 0.6 is 11.3 Å². The smallest absolute Gasteiger partial charge is 0.338 e. The second-order valence-electron chi connectivity index (χ2n) is 9.53. The molecule has 1 aromatic heterocycles. The Morgan fingerprint density at radius 3 is 2.33 bits per heavy atom. The summed E-state index contributed by atoms with van der Waals surface area (Å²) in [7, 11) is 1.62. The van der Waals surface area contributed by atoms with Crippen LogP contribution in [0.2, 0.25) is 0 Å². The minimum absolute atomic E-state index is 0.207. The van der Waals surface area contributed by atoms with Gasteiger partial charge in [0.05, 0.1) is 35.6 Å². The van der Waals surface area contributed by atoms with Crippen LogP contribution in [-0.4, -0.2) is 24.3 Å². The zero-order chi connectivity index (χ0) is 27.5. The topological polar surface area (TPSA) is 69.9 Å². The molecule has 0 radical (unpaired) electrons. The van der Waals surface area contributed by atoms with Crippen LogP contribution in [0.4, 0.5) is 0 Å². The summed E-state index contributed by atoms with van der Waals surface area (Å²) in [6.07, 6.45) is 1.85. The van der Waals surface area contributed by atoms with E-state index in [-0.39, 0.29) is 12.2 Å². The summed E-state index contributed by atoms with van der Waals surface area (Å²) < 4.78 is 13.0. The third-order valence-electron chi connectivity index (χ3n) is 6.71. The van der Waals surface area contributed by atoms with Crippen LogP contribution in [0, 0.1) is 0 Å². The first-order chi connectivity index (χ1) is 18.9. The fourth-order valence-corrected chi connectivity index (χ4v) is 5.67. The highest BCUT2D eigenvalue weighted by Crippen LogP contribution is 2.35. The third-order valence-corrected chi connectivity index (χ3v) is 7.69. The van der Waals surface area contributed by atoms with E-state index in [1.807, 2.05) is 72.8 Å². The SMILES string of the molecule is CCOC(=O)C1=C(c2ccccc2)N=c2s/c(=C\c3ccc(OC)cc3)c(=O)n2C1c1ccc(C(C)C)cc1. The summed E-state index contributed by atoms with van der Waals surface area (Å²) in [6.45, 7) is 6.26. The monoisotopic (exact) mass is 538 g/mol. The van der Waals surface area contributed by atoms with Gasteiger partial charge in [0.15, 0.2) is 4.80 Å². The summed E-state index contributed by atoms with van der Waals surface area (Å²) >= 11 is 1.31. The number of hydrogen-bond acceptors (Lipinski definition) is 6. The molecular formula is C32H30N2O4S. The number of carbonyl (C=O) groups excluding carboxylic acids is 1. The molecule has 1 aliphatic heterocycles. The molecule has 39 heavy (non-hydrogen) atoms. The molecular weight excluding hydrogens is 508 g/mol. The molecule has 3 aromatic carbocycles. The molecule has 198 valence electrons. The second kappa shape index (κ2) is 11.3. The number of nitrogens with zero attached hydrogens (tertiary/aromatic N) is 2. The van der Waals surface area contributed by atoms with Gasteiger partial charge in [-0.2, -0.15) is 0 Å². The first-order valence-corrected chi connectivity index (χ1v) is 13.7. The number of methoxy groups -OCH3 is 1. The number of rotatable bonds is 7. The lowest BCUT2D eigenvalue weighted by atomic mass is 9.91. The van der Waals surface area contributed by atoms with Crippen LogP contribution < -0.4 is 19.6 Å². The Balaban J connectivity index is 1.78. The van der Waals surface area contributed by atoms with E-state index < -0.39 is 12.0 Å². The molecule has 0 N–H and O–H groups in total. The fourth-order valence-electron chi connectivity index (χ4n) is 4.67. The maximum atomic E-state index is 14.0. The molecule has 0 saturated carbocycles. The van der Waals surface area contributed by atoms with Gasteiger partial charge in [-0.1, -0.05) is 91.9 Å². The lowest BCUT2D eigenvalue weighted by Gasteiger charge is -2.26. The van der Waals surface area contributed by atoms with E-state index in [0.29, 0.717) is 26.5 Å². The quantitative estimate of drug-likeness (QED) is 0.308. The van der Waals surface area contributed by atoms with Crippen LogP contribution in [0.25, 0.3) is 11.8 Å². The van der Waals surface area contributed by atoms with Crippen molar-refractivity contribution in [2.75, 3.05) is 13.7 Å². The van der Waals surface area contributed by atoms with E-state index in [1.165, 1.54) is 16.9 Å². The summed E-state index contributed by atoms with van der Waals surface area (Å²) in [5.74, 6) is 0.609. The van der Waals surface area contributed by atoms with Crippen molar-refractivity contribution in [2.24, 2.45) is 4.99 Å². The molecule has 0 amide bonds. The maximum Gasteiger partial charge on any atom is 0.338 e. The van der Waals surface area contributed by atoms with E-state index in [2.05, 4.69) is 26.0 Å². The highest BCUT2D eigenvalue weighted by molar-refractivity contribution is 7.07. The standard InChI is InChI=1S/C32H30N2O4S/c1-5-38-31(36)27-28(23-9-7-6-8-10-23)33-32-34(29(27)24-15-13-22(14-16-24)20(2)3)30(35)26(39-32)19-21-11-17-25(37-4)18-12-21/h6-20,29H,5H2,1-4H3/b26-19-. The van der Waals surface area contributed by atoms with Crippen LogP contribution in [-0.2, 0) is 9.53 Å². The largest absolute Gasteiger partial charge is 0.497 e. The Hall–Kier alpha value is -4.23. The van der Waals surface area contributed by atoms with E-state index in [4.69, 9.17) is 14.5 Å². The number of esters is 1. The minimum atomic E-state index is -0.685. The second-order valence-corrected chi connectivity index (χ2v) is 10.5. The van der Waals surface area contributed by atoms with Crippen molar-refractivity contribution in [3.05, 3.63) is 126 Å². The molecule has 1 atom stereocenters. The lowest BCUT2D eigenvalue weighted by molar-refractivity contribution is -0.138. The van der Waals surface area contributed by atoms with Gasteiger partial charge in [-0.15, -0.1) is 0 Å². The number of hydrogen-bond donors (Lipinski definition) is 0. The number of carbonyl (C=O) groups is 1. The highest BCUT2D eigenvalue weighted by atomic mass is 32.1. The Bertz CT molecular complexity index is 1700. The van der Waals surface area contributed by atoms with Crippen molar-refractivity contribution in [2.45, 2.75) is 32.7 Å². The van der Waals surface area contributed by atoms with Gasteiger partial charge in [0.25, 0.3) is 5.56 Å². The minimum Gasteiger partial charge on any atom is -0.497 e. The van der Waals surface area contributed by atoms with Crippen molar-refractivity contribution in [3.63, 3.8) is 0 Å². The number of benzene rings is 3. The van der Waals surface area contributed by atoms with Crippen LogP contribution in [0.1, 0.15) is 55.0 Å². The van der Waals surface area contributed by atoms with Gasteiger partial charge in [-0.05, 0) is 47.7 Å². The third kappa shape index (κ3) is 5.22. The van der Waals surface area contributed by atoms with Gasteiger partial charge >= 0.3 is 5.97 Å². The first-order valence-electron chi connectivity index (χ1n) is 12.9. The summed E-state index contributed by atoms with van der Waals surface area (Å²) in [6, 6.07) is 24.5. The van der Waals surface area contributed by atoms with Crippen LogP contribution in [0.15, 0.2) is 94.2 Å². The van der Waals surface area contributed by atoms with Crippen LogP contribution in [0.3, 0.4) is 0 Å². The molecule has 5 rings (SSSR count). The van der Waals surface area contributed by atoms with E-state index in [1.54, 1.807) is 18.6 Å². The normalized spacial score (nSPS) is 15.2. The number of thiazole rings is 1. The zero-order valence-corrected chi connectivity index (χ0v) is 23.2. The van der Waals surface area contributed by atoms with E-state index in [9.17, 15) is 9.59 Å². The zero-order valence-electron chi connectivity index (χ0n) is 22.4. The van der Waals surface area contributed by atoms with Gasteiger partial charge in [0, 0.05) is 5.56 Å². The Morgan fingerprint density at radius 1 is 1.03 bits per heavy atom. The molecule has 7 heteroatoms. The molecule has 1 aliphatic rings. The number of fused-ring (bicyclic) bond motifs is 1. The molecule has 0 bridgehead atoms. The van der Waals surface area contributed by atoms with Crippen molar-refractivity contribution in [3.8, 4) is 5.75 Å². The van der Waals surface area contributed by atoms with Gasteiger partial charge in [0.2, 0.25) is 0 Å². The van der Waals surface area contributed by atoms with Gasteiger partial charge in [0.1, 0.15) is 5.75 Å².